The monoisotopic (exact) mass is 300 g/mol. The van der Waals surface area contributed by atoms with Gasteiger partial charge in [-0.3, -0.25) is 5.10 Å². The smallest absolute Gasteiger partial charge is 0.247 e. The van der Waals surface area contributed by atoms with Crippen molar-refractivity contribution in [2.24, 2.45) is 0 Å². The van der Waals surface area contributed by atoms with Gasteiger partial charge in [-0.05, 0) is 32.7 Å². The van der Waals surface area contributed by atoms with Crippen LogP contribution in [0.1, 0.15) is 44.5 Å². The van der Waals surface area contributed by atoms with Crippen molar-refractivity contribution in [1.82, 2.24) is 19.8 Å². The lowest BCUT2D eigenvalue weighted by Gasteiger charge is -2.20. The average molecular weight is 300 g/mol. The first-order valence-electron chi connectivity index (χ1n) is 7.28. The zero-order valence-corrected chi connectivity index (χ0v) is 13.3. The van der Waals surface area contributed by atoms with E-state index in [1.165, 1.54) is 0 Å². The summed E-state index contributed by atoms with van der Waals surface area (Å²) in [4.78, 5) is 0.356. The molecule has 6 nitrogen and oxygen atoms in total. The lowest BCUT2D eigenvalue weighted by atomic mass is 10.3. The van der Waals surface area contributed by atoms with Gasteiger partial charge < -0.3 is 5.32 Å². The van der Waals surface area contributed by atoms with Gasteiger partial charge in [0, 0.05) is 19.1 Å². The van der Waals surface area contributed by atoms with Gasteiger partial charge >= 0.3 is 0 Å². The number of aromatic amines is 1. The summed E-state index contributed by atoms with van der Waals surface area (Å²) in [6.07, 6.45) is 2.94. The molecule has 0 atom stereocenters. The molecule has 1 aliphatic rings. The SMILES string of the molecule is CCCNCc1n[nH]c(C)c1S(=O)(=O)N(CC)C1CC1. The second kappa shape index (κ2) is 6.24. The summed E-state index contributed by atoms with van der Waals surface area (Å²) < 4.78 is 27.2. The van der Waals surface area contributed by atoms with Crippen molar-refractivity contribution in [3.63, 3.8) is 0 Å². The fourth-order valence-corrected chi connectivity index (χ4v) is 4.45. The van der Waals surface area contributed by atoms with Crippen LogP contribution in [0.15, 0.2) is 4.90 Å². The second-order valence-corrected chi connectivity index (χ2v) is 7.07. The minimum absolute atomic E-state index is 0.177. The summed E-state index contributed by atoms with van der Waals surface area (Å²) >= 11 is 0. The first-order chi connectivity index (χ1) is 9.52. The molecule has 20 heavy (non-hydrogen) atoms. The Bertz CT molecular complexity index is 549. The van der Waals surface area contributed by atoms with E-state index >= 15 is 0 Å². The first kappa shape index (κ1) is 15.5. The van der Waals surface area contributed by atoms with Gasteiger partial charge in [-0.1, -0.05) is 13.8 Å². The predicted octanol–water partition coefficient (Wildman–Crippen LogP) is 1.39. The van der Waals surface area contributed by atoms with E-state index < -0.39 is 10.0 Å². The number of nitrogens with one attached hydrogen (secondary N) is 2. The molecular formula is C13H24N4O2S. The van der Waals surface area contributed by atoms with Gasteiger partial charge in [0.05, 0.1) is 11.4 Å². The van der Waals surface area contributed by atoms with E-state index in [0.29, 0.717) is 29.4 Å². The van der Waals surface area contributed by atoms with Crippen LogP contribution < -0.4 is 5.32 Å². The number of hydrogen-bond acceptors (Lipinski definition) is 4. The van der Waals surface area contributed by atoms with E-state index in [2.05, 4.69) is 22.4 Å². The van der Waals surface area contributed by atoms with Crippen molar-refractivity contribution in [2.45, 2.75) is 57.5 Å². The zero-order chi connectivity index (χ0) is 14.8. The molecule has 114 valence electrons. The van der Waals surface area contributed by atoms with Crippen LogP contribution in [0.4, 0.5) is 0 Å². The molecule has 0 saturated heterocycles. The average Bonchev–Trinajstić information content (AvgIpc) is 3.14. The van der Waals surface area contributed by atoms with Crippen LogP contribution in [0.5, 0.6) is 0 Å². The van der Waals surface area contributed by atoms with Crippen molar-refractivity contribution in [2.75, 3.05) is 13.1 Å². The maximum atomic E-state index is 12.8. The molecule has 1 saturated carbocycles. The highest BCUT2D eigenvalue weighted by Crippen LogP contribution is 2.33. The minimum Gasteiger partial charge on any atom is -0.311 e. The lowest BCUT2D eigenvalue weighted by molar-refractivity contribution is 0.420. The highest BCUT2D eigenvalue weighted by molar-refractivity contribution is 7.89. The van der Waals surface area contributed by atoms with E-state index in [1.54, 1.807) is 11.2 Å². The minimum atomic E-state index is -3.44. The van der Waals surface area contributed by atoms with Crippen molar-refractivity contribution >= 4 is 10.0 Å². The second-order valence-electron chi connectivity index (χ2n) is 5.24. The number of H-pyrrole nitrogens is 1. The molecule has 1 aromatic heterocycles. The fraction of sp³-hybridized carbons (Fsp3) is 0.769. The van der Waals surface area contributed by atoms with Gasteiger partial charge in [-0.25, -0.2) is 8.42 Å². The Hall–Kier alpha value is -0.920. The maximum Gasteiger partial charge on any atom is 0.247 e. The Morgan fingerprint density at radius 2 is 2.10 bits per heavy atom. The molecule has 0 radical (unpaired) electrons. The summed E-state index contributed by atoms with van der Waals surface area (Å²) in [5.41, 5.74) is 1.22. The molecule has 0 spiro atoms. The Morgan fingerprint density at radius 1 is 1.40 bits per heavy atom. The van der Waals surface area contributed by atoms with Gasteiger partial charge in [-0.15, -0.1) is 0 Å². The van der Waals surface area contributed by atoms with Crippen molar-refractivity contribution in [3.05, 3.63) is 11.4 Å². The Labute approximate surface area is 121 Å². The zero-order valence-electron chi connectivity index (χ0n) is 12.4. The van der Waals surface area contributed by atoms with E-state index in [9.17, 15) is 8.42 Å². The molecule has 0 aromatic carbocycles. The highest BCUT2D eigenvalue weighted by atomic mass is 32.2. The van der Waals surface area contributed by atoms with Gasteiger partial charge in [0.2, 0.25) is 10.0 Å². The quantitative estimate of drug-likeness (QED) is 0.711. The molecule has 0 aliphatic heterocycles. The molecule has 0 amide bonds. The van der Waals surface area contributed by atoms with Crippen LogP contribution in [0.2, 0.25) is 0 Å². The van der Waals surface area contributed by atoms with Crippen LogP contribution >= 0.6 is 0 Å². The van der Waals surface area contributed by atoms with Gasteiger partial charge in [0.25, 0.3) is 0 Å². The molecule has 7 heteroatoms. The summed E-state index contributed by atoms with van der Waals surface area (Å²) in [6.45, 7) is 7.58. The first-order valence-corrected chi connectivity index (χ1v) is 8.72. The molecule has 1 fully saturated rings. The third kappa shape index (κ3) is 3.05. The highest BCUT2D eigenvalue weighted by Gasteiger charge is 2.39. The Kier molecular flexibility index (Phi) is 4.82. The number of sulfonamides is 1. The molecule has 2 rings (SSSR count). The number of hydrogen-bond donors (Lipinski definition) is 2. The van der Waals surface area contributed by atoms with Crippen LogP contribution in [0, 0.1) is 6.92 Å². The summed E-state index contributed by atoms with van der Waals surface area (Å²) in [7, 11) is -3.44. The number of nitrogens with zero attached hydrogens (tertiary/aromatic N) is 2. The summed E-state index contributed by atoms with van der Waals surface area (Å²) in [6, 6.07) is 0.177. The summed E-state index contributed by atoms with van der Waals surface area (Å²) in [5.74, 6) is 0. The molecule has 2 N–H and O–H groups in total. The fourth-order valence-electron chi connectivity index (χ4n) is 2.42. The van der Waals surface area contributed by atoms with E-state index in [-0.39, 0.29) is 6.04 Å². The van der Waals surface area contributed by atoms with Crippen LogP contribution in [0.25, 0.3) is 0 Å². The third-order valence-corrected chi connectivity index (χ3v) is 5.74. The van der Waals surface area contributed by atoms with Crippen molar-refractivity contribution in [1.29, 1.82) is 0 Å². The Balaban J connectivity index is 2.28. The number of aromatic nitrogens is 2. The van der Waals surface area contributed by atoms with Crippen molar-refractivity contribution < 1.29 is 8.42 Å². The molecule has 1 aromatic rings. The van der Waals surface area contributed by atoms with E-state index in [1.807, 2.05) is 6.92 Å². The van der Waals surface area contributed by atoms with E-state index in [0.717, 1.165) is 25.8 Å². The molecular weight excluding hydrogens is 276 g/mol. The third-order valence-electron chi connectivity index (χ3n) is 3.51. The number of aryl methyl sites for hydroxylation is 1. The van der Waals surface area contributed by atoms with Crippen LogP contribution in [0.3, 0.4) is 0 Å². The van der Waals surface area contributed by atoms with E-state index in [4.69, 9.17) is 0 Å². The molecule has 0 bridgehead atoms. The topological polar surface area (TPSA) is 78.1 Å². The summed E-state index contributed by atoms with van der Waals surface area (Å²) in [5, 5.41) is 10.2. The Morgan fingerprint density at radius 3 is 2.65 bits per heavy atom. The predicted molar refractivity (Wildman–Crippen MR) is 77.9 cm³/mol. The maximum absolute atomic E-state index is 12.8. The molecule has 1 aliphatic carbocycles. The van der Waals surface area contributed by atoms with Crippen LogP contribution in [-0.4, -0.2) is 42.1 Å². The van der Waals surface area contributed by atoms with Gasteiger partial charge in [0.15, 0.2) is 0 Å². The molecule has 0 unspecified atom stereocenters. The van der Waals surface area contributed by atoms with Crippen LogP contribution in [-0.2, 0) is 16.6 Å². The normalized spacial score (nSPS) is 16.0. The lowest BCUT2D eigenvalue weighted by Crippen LogP contribution is -2.34. The van der Waals surface area contributed by atoms with Crippen molar-refractivity contribution in [3.8, 4) is 0 Å². The van der Waals surface area contributed by atoms with Gasteiger partial charge in [0.1, 0.15) is 4.90 Å². The standard InChI is InChI=1S/C13H24N4O2S/c1-4-8-14-9-12-13(10(3)15-16-12)20(18,19)17(5-2)11-6-7-11/h11,14H,4-9H2,1-3H3,(H,15,16). The van der Waals surface area contributed by atoms with Gasteiger partial charge in [-0.2, -0.15) is 9.40 Å². The molecule has 1 heterocycles. The number of rotatable bonds is 8. The largest absolute Gasteiger partial charge is 0.311 e.